The molecule has 0 bridgehead atoms. The number of amides is 2. The van der Waals surface area contributed by atoms with Crippen molar-refractivity contribution in [3.63, 3.8) is 0 Å². The highest BCUT2D eigenvalue weighted by atomic mass is 16.3. The third-order valence-corrected chi connectivity index (χ3v) is 2.43. The standard InChI is InChI=1S/C9H17N3O3/c10-3-8(14)12-5-9(15)11-4-6-1-7(13)2-6/h6-7,13H,1-5,10H2,(H,11,15)(H,12,14). The molecule has 5 N–H and O–H groups in total. The van der Waals surface area contributed by atoms with E-state index in [4.69, 9.17) is 10.8 Å². The van der Waals surface area contributed by atoms with Gasteiger partial charge in [0.2, 0.25) is 11.8 Å². The predicted octanol–water partition coefficient (Wildman–Crippen LogP) is -2.05. The Kier molecular flexibility index (Phi) is 4.51. The Morgan fingerprint density at radius 3 is 2.47 bits per heavy atom. The van der Waals surface area contributed by atoms with Crippen LogP contribution in [0.4, 0.5) is 0 Å². The number of carbonyl (C=O) groups excluding carboxylic acids is 2. The highest BCUT2D eigenvalue weighted by molar-refractivity contribution is 5.85. The van der Waals surface area contributed by atoms with Crippen molar-refractivity contribution in [3.05, 3.63) is 0 Å². The van der Waals surface area contributed by atoms with Crippen LogP contribution in [0, 0.1) is 5.92 Å². The van der Waals surface area contributed by atoms with E-state index in [9.17, 15) is 9.59 Å². The Labute approximate surface area is 88.2 Å². The largest absolute Gasteiger partial charge is 0.393 e. The van der Waals surface area contributed by atoms with E-state index in [1.54, 1.807) is 0 Å². The molecule has 0 aromatic carbocycles. The lowest BCUT2D eigenvalue weighted by Gasteiger charge is -2.31. The van der Waals surface area contributed by atoms with Gasteiger partial charge in [-0.15, -0.1) is 0 Å². The average molecular weight is 215 g/mol. The average Bonchev–Trinajstić information content (AvgIpc) is 2.19. The first-order valence-corrected chi connectivity index (χ1v) is 5.03. The zero-order valence-electron chi connectivity index (χ0n) is 8.53. The number of nitrogens with two attached hydrogens (primary N) is 1. The topological polar surface area (TPSA) is 104 Å². The summed E-state index contributed by atoms with van der Waals surface area (Å²) in [5.74, 6) is -0.198. The molecule has 0 aliphatic heterocycles. The Hall–Kier alpha value is -1.14. The van der Waals surface area contributed by atoms with Crippen molar-refractivity contribution in [2.24, 2.45) is 11.7 Å². The van der Waals surface area contributed by atoms with Crippen molar-refractivity contribution in [2.75, 3.05) is 19.6 Å². The Balaban J connectivity index is 2.01. The molecular weight excluding hydrogens is 198 g/mol. The molecule has 1 rings (SSSR count). The van der Waals surface area contributed by atoms with Crippen LogP contribution in [0.1, 0.15) is 12.8 Å². The molecule has 0 atom stereocenters. The van der Waals surface area contributed by atoms with E-state index in [2.05, 4.69) is 10.6 Å². The van der Waals surface area contributed by atoms with Gasteiger partial charge in [-0.05, 0) is 18.8 Å². The number of aliphatic hydroxyl groups excluding tert-OH is 1. The Morgan fingerprint density at radius 1 is 1.27 bits per heavy atom. The fourth-order valence-electron chi connectivity index (χ4n) is 1.44. The number of carbonyl (C=O) groups is 2. The molecule has 0 spiro atoms. The highest BCUT2D eigenvalue weighted by Crippen LogP contribution is 2.25. The smallest absolute Gasteiger partial charge is 0.239 e. The summed E-state index contributed by atoms with van der Waals surface area (Å²) in [5.41, 5.74) is 5.05. The quantitative estimate of drug-likeness (QED) is 0.423. The lowest BCUT2D eigenvalue weighted by molar-refractivity contribution is -0.125. The van der Waals surface area contributed by atoms with Gasteiger partial charge in [0.05, 0.1) is 19.2 Å². The van der Waals surface area contributed by atoms with Crippen molar-refractivity contribution < 1.29 is 14.7 Å². The third kappa shape index (κ3) is 4.26. The molecule has 0 aromatic heterocycles. The molecule has 15 heavy (non-hydrogen) atoms. The van der Waals surface area contributed by atoms with Crippen LogP contribution >= 0.6 is 0 Å². The summed E-state index contributed by atoms with van der Waals surface area (Å²) in [6, 6.07) is 0. The minimum atomic E-state index is -0.343. The minimum absolute atomic E-state index is 0.0364. The normalized spacial score (nSPS) is 24.1. The highest BCUT2D eigenvalue weighted by Gasteiger charge is 2.26. The summed E-state index contributed by atoms with van der Waals surface area (Å²) in [6.45, 7) is 0.418. The Morgan fingerprint density at radius 2 is 1.93 bits per heavy atom. The van der Waals surface area contributed by atoms with Crippen LogP contribution in [0.3, 0.4) is 0 Å². The second-order valence-electron chi connectivity index (χ2n) is 3.78. The molecule has 6 heteroatoms. The summed E-state index contributed by atoms with van der Waals surface area (Å²) in [6.07, 6.45) is 1.29. The molecule has 1 aliphatic rings. The summed E-state index contributed by atoms with van der Waals surface area (Å²) < 4.78 is 0. The van der Waals surface area contributed by atoms with Gasteiger partial charge in [0.1, 0.15) is 0 Å². The second kappa shape index (κ2) is 5.67. The van der Waals surface area contributed by atoms with Gasteiger partial charge in [-0.25, -0.2) is 0 Å². The molecule has 0 heterocycles. The van der Waals surface area contributed by atoms with E-state index in [1.807, 2.05) is 0 Å². The van der Waals surface area contributed by atoms with Gasteiger partial charge in [0.15, 0.2) is 0 Å². The van der Waals surface area contributed by atoms with Gasteiger partial charge in [-0.2, -0.15) is 0 Å². The van der Waals surface area contributed by atoms with Crippen LogP contribution in [0.2, 0.25) is 0 Å². The lowest BCUT2D eigenvalue weighted by atomic mass is 9.82. The van der Waals surface area contributed by atoms with Crippen molar-refractivity contribution in [1.29, 1.82) is 0 Å². The van der Waals surface area contributed by atoms with Crippen LogP contribution < -0.4 is 16.4 Å². The summed E-state index contributed by atoms with van der Waals surface area (Å²) in [7, 11) is 0. The summed E-state index contributed by atoms with van der Waals surface area (Å²) in [5, 5.41) is 14.1. The zero-order chi connectivity index (χ0) is 11.3. The van der Waals surface area contributed by atoms with E-state index in [1.165, 1.54) is 0 Å². The Bertz CT molecular complexity index is 239. The molecule has 6 nitrogen and oxygen atoms in total. The molecule has 1 fully saturated rings. The van der Waals surface area contributed by atoms with Gasteiger partial charge in [-0.3, -0.25) is 9.59 Å². The van der Waals surface area contributed by atoms with Crippen LogP contribution in [0.15, 0.2) is 0 Å². The maximum atomic E-state index is 11.2. The van der Waals surface area contributed by atoms with Crippen LogP contribution in [-0.4, -0.2) is 42.7 Å². The molecule has 0 unspecified atom stereocenters. The molecule has 0 aromatic rings. The first-order chi connectivity index (χ1) is 7.11. The van der Waals surface area contributed by atoms with E-state index in [-0.39, 0.29) is 31.0 Å². The molecule has 0 radical (unpaired) electrons. The van der Waals surface area contributed by atoms with E-state index < -0.39 is 0 Å². The third-order valence-electron chi connectivity index (χ3n) is 2.43. The molecule has 1 aliphatic carbocycles. The number of hydrogen-bond donors (Lipinski definition) is 4. The molecule has 86 valence electrons. The van der Waals surface area contributed by atoms with Crippen LogP contribution in [0.25, 0.3) is 0 Å². The number of hydrogen-bond acceptors (Lipinski definition) is 4. The molecule has 1 saturated carbocycles. The molecule has 0 saturated heterocycles. The van der Waals surface area contributed by atoms with Crippen molar-refractivity contribution >= 4 is 11.8 Å². The minimum Gasteiger partial charge on any atom is -0.393 e. The van der Waals surface area contributed by atoms with Crippen molar-refractivity contribution in [2.45, 2.75) is 18.9 Å². The number of aliphatic hydroxyl groups is 1. The first kappa shape index (κ1) is 11.9. The monoisotopic (exact) mass is 215 g/mol. The molecular formula is C9H17N3O3. The predicted molar refractivity (Wildman–Crippen MR) is 53.8 cm³/mol. The molecule has 2 amide bonds. The maximum Gasteiger partial charge on any atom is 0.239 e. The first-order valence-electron chi connectivity index (χ1n) is 5.03. The second-order valence-corrected chi connectivity index (χ2v) is 3.78. The van der Waals surface area contributed by atoms with Gasteiger partial charge < -0.3 is 21.5 Å². The van der Waals surface area contributed by atoms with E-state index in [0.29, 0.717) is 12.5 Å². The van der Waals surface area contributed by atoms with Gasteiger partial charge in [0, 0.05) is 6.54 Å². The van der Waals surface area contributed by atoms with Gasteiger partial charge in [0.25, 0.3) is 0 Å². The van der Waals surface area contributed by atoms with Gasteiger partial charge in [-0.1, -0.05) is 0 Å². The van der Waals surface area contributed by atoms with Gasteiger partial charge >= 0.3 is 0 Å². The maximum absolute atomic E-state index is 11.2. The summed E-state index contributed by atoms with van der Waals surface area (Å²) in [4.78, 5) is 21.9. The lowest BCUT2D eigenvalue weighted by Crippen LogP contribution is -2.43. The van der Waals surface area contributed by atoms with Crippen molar-refractivity contribution in [3.8, 4) is 0 Å². The van der Waals surface area contributed by atoms with Crippen LogP contribution in [0.5, 0.6) is 0 Å². The van der Waals surface area contributed by atoms with E-state index in [0.717, 1.165) is 12.8 Å². The van der Waals surface area contributed by atoms with Crippen LogP contribution in [-0.2, 0) is 9.59 Å². The fraction of sp³-hybridized carbons (Fsp3) is 0.778. The number of rotatable bonds is 5. The summed E-state index contributed by atoms with van der Waals surface area (Å²) >= 11 is 0. The number of nitrogens with one attached hydrogen (secondary N) is 2. The van der Waals surface area contributed by atoms with E-state index >= 15 is 0 Å². The zero-order valence-corrected chi connectivity index (χ0v) is 8.53. The SMILES string of the molecule is NCC(=O)NCC(=O)NCC1CC(O)C1. The fourth-order valence-corrected chi connectivity index (χ4v) is 1.44. The van der Waals surface area contributed by atoms with Crippen molar-refractivity contribution in [1.82, 2.24) is 10.6 Å².